The normalized spacial score (nSPS) is 11.4. The molecule has 0 saturated heterocycles. The maximum absolute atomic E-state index is 12.1. The van der Waals surface area contributed by atoms with Gasteiger partial charge in [-0.25, -0.2) is 0 Å². The third-order valence-electron chi connectivity index (χ3n) is 3.41. The van der Waals surface area contributed by atoms with Crippen molar-refractivity contribution in [1.29, 1.82) is 5.26 Å². The number of nitriles is 1. The number of amides is 2. The molecule has 0 heterocycles. The predicted octanol–water partition coefficient (Wildman–Crippen LogP) is 0.533. The molecule has 2 amide bonds. The third kappa shape index (κ3) is 5.89. The monoisotopic (exact) mass is 337 g/mol. The van der Waals surface area contributed by atoms with Crippen molar-refractivity contribution >= 4 is 29.1 Å². The van der Waals surface area contributed by atoms with E-state index in [2.05, 4.69) is 5.32 Å². The summed E-state index contributed by atoms with van der Waals surface area (Å²) in [5, 5.41) is 12.2. The second-order valence-electron chi connectivity index (χ2n) is 5.23. The molecule has 124 valence electrons. The molecule has 1 aromatic rings. The van der Waals surface area contributed by atoms with E-state index in [9.17, 15) is 9.59 Å². The number of nitrogens with zero attached hydrogens (tertiary/aromatic N) is 2. The Labute approximate surface area is 141 Å². The van der Waals surface area contributed by atoms with Gasteiger partial charge >= 0.3 is 0 Å². The molecule has 0 saturated carbocycles. The van der Waals surface area contributed by atoms with Crippen molar-refractivity contribution in [2.45, 2.75) is 13.8 Å². The fourth-order valence-corrected chi connectivity index (χ4v) is 2.37. The van der Waals surface area contributed by atoms with Crippen LogP contribution < -0.4 is 10.2 Å². The number of quaternary nitrogens is 1. The van der Waals surface area contributed by atoms with Crippen molar-refractivity contribution < 1.29 is 14.5 Å². The molecule has 0 fully saturated rings. The molecule has 0 radical (unpaired) electrons. The molecule has 1 unspecified atom stereocenters. The molecule has 7 heteroatoms. The standard InChI is InChI=1S/C16H21ClN4O2/c1-4-21(5-2)16(23)11-20(3)10-15(22)19-14-8-13(17)7-6-12(14)9-18/h6-8H,4-5,10-11H2,1-3H3,(H,19,22)/p+1. The first-order valence-corrected chi connectivity index (χ1v) is 7.87. The van der Waals surface area contributed by atoms with E-state index in [-0.39, 0.29) is 24.9 Å². The van der Waals surface area contributed by atoms with Crippen molar-refractivity contribution in [2.24, 2.45) is 0 Å². The molecular weight excluding hydrogens is 316 g/mol. The number of rotatable bonds is 7. The maximum Gasteiger partial charge on any atom is 0.279 e. The second-order valence-corrected chi connectivity index (χ2v) is 5.66. The van der Waals surface area contributed by atoms with E-state index in [1.165, 1.54) is 6.07 Å². The lowest BCUT2D eigenvalue weighted by molar-refractivity contribution is -0.862. The lowest BCUT2D eigenvalue weighted by Gasteiger charge is -2.21. The zero-order valence-corrected chi connectivity index (χ0v) is 14.4. The van der Waals surface area contributed by atoms with E-state index in [4.69, 9.17) is 16.9 Å². The Kier molecular flexibility index (Phi) is 7.52. The smallest absolute Gasteiger partial charge is 0.279 e. The number of anilines is 1. The van der Waals surface area contributed by atoms with E-state index >= 15 is 0 Å². The molecule has 1 rings (SSSR count). The summed E-state index contributed by atoms with van der Waals surface area (Å²) in [6, 6.07) is 6.69. The predicted molar refractivity (Wildman–Crippen MR) is 89.3 cm³/mol. The summed E-state index contributed by atoms with van der Waals surface area (Å²) >= 11 is 5.88. The number of hydrogen-bond donors (Lipinski definition) is 2. The second kappa shape index (κ2) is 9.13. The van der Waals surface area contributed by atoms with Gasteiger partial charge in [0.05, 0.1) is 18.3 Å². The quantitative estimate of drug-likeness (QED) is 0.762. The Morgan fingerprint density at radius 2 is 1.96 bits per heavy atom. The lowest BCUT2D eigenvalue weighted by atomic mass is 10.2. The van der Waals surface area contributed by atoms with Crippen LogP contribution in [0.25, 0.3) is 0 Å². The SMILES string of the molecule is CCN(CC)C(=O)C[NH+](C)CC(=O)Nc1cc(Cl)ccc1C#N. The van der Waals surface area contributed by atoms with Crippen LogP contribution in [0, 0.1) is 11.3 Å². The molecule has 1 atom stereocenters. The minimum Gasteiger partial charge on any atom is -0.338 e. The third-order valence-corrected chi connectivity index (χ3v) is 3.64. The number of carbonyl (C=O) groups is 2. The average molecular weight is 338 g/mol. The van der Waals surface area contributed by atoms with Crippen LogP contribution in [0.15, 0.2) is 18.2 Å². The van der Waals surface area contributed by atoms with Gasteiger partial charge in [-0.3, -0.25) is 9.59 Å². The molecule has 0 spiro atoms. The fourth-order valence-electron chi connectivity index (χ4n) is 2.19. The number of nitrogens with one attached hydrogen (secondary N) is 2. The van der Waals surface area contributed by atoms with E-state index < -0.39 is 0 Å². The van der Waals surface area contributed by atoms with E-state index in [1.54, 1.807) is 24.1 Å². The van der Waals surface area contributed by atoms with Crippen molar-refractivity contribution in [3.05, 3.63) is 28.8 Å². The lowest BCUT2D eigenvalue weighted by Crippen LogP contribution is -3.11. The largest absolute Gasteiger partial charge is 0.338 e. The van der Waals surface area contributed by atoms with Gasteiger partial charge in [-0.1, -0.05) is 11.6 Å². The Hall–Kier alpha value is -2.10. The minimum atomic E-state index is -0.270. The average Bonchev–Trinajstić information content (AvgIpc) is 2.48. The molecule has 0 bridgehead atoms. The summed E-state index contributed by atoms with van der Waals surface area (Å²) in [6.45, 7) is 5.53. The van der Waals surface area contributed by atoms with Crippen molar-refractivity contribution in [3.63, 3.8) is 0 Å². The Morgan fingerprint density at radius 3 is 2.52 bits per heavy atom. The molecule has 6 nitrogen and oxygen atoms in total. The van der Waals surface area contributed by atoms with Crippen LogP contribution in [0.1, 0.15) is 19.4 Å². The highest BCUT2D eigenvalue weighted by molar-refractivity contribution is 6.31. The van der Waals surface area contributed by atoms with Gasteiger partial charge in [0.2, 0.25) is 0 Å². The van der Waals surface area contributed by atoms with E-state index in [0.717, 1.165) is 4.90 Å². The van der Waals surface area contributed by atoms with Crippen LogP contribution in [0.3, 0.4) is 0 Å². The van der Waals surface area contributed by atoms with Gasteiger partial charge in [-0.15, -0.1) is 0 Å². The highest BCUT2D eigenvalue weighted by atomic mass is 35.5. The van der Waals surface area contributed by atoms with Gasteiger partial charge in [-0.2, -0.15) is 5.26 Å². The Morgan fingerprint density at radius 1 is 1.30 bits per heavy atom. The Balaban J connectivity index is 2.62. The number of carbonyl (C=O) groups excluding carboxylic acids is 2. The minimum absolute atomic E-state index is 0.0146. The highest BCUT2D eigenvalue weighted by Gasteiger charge is 2.18. The van der Waals surface area contributed by atoms with Crippen molar-refractivity contribution in [2.75, 3.05) is 38.5 Å². The van der Waals surface area contributed by atoms with Gasteiger partial charge in [0.15, 0.2) is 13.1 Å². The van der Waals surface area contributed by atoms with Crippen LogP contribution in [0.4, 0.5) is 5.69 Å². The van der Waals surface area contributed by atoms with Gasteiger partial charge in [0.1, 0.15) is 6.07 Å². The number of benzene rings is 1. The van der Waals surface area contributed by atoms with Crippen LogP contribution in [0.5, 0.6) is 0 Å². The summed E-state index contributed by atoms with van der Waals surface area (Å²) in [5.74, 6) is -0.255. The molecular formula is C16H22ClN4O2+. The molecule has 0 aliphatic heterocycles. The summed E-state index contributed by atoms with van der Waals surface area (Å²) < 4.78 is 0. The molecule has 1 aromatic carbocycles. The van der Waals surface area contributed by atoms with Gasteiger partial charge in [0, 0.05) is 18.1 Å². The maximum atomic E-state index is 12.1. The van der Waals surface area contributed by atoms with Gasteiger partial charge in [-0.05, 0) is 32.0 Å². The van der Waals surface area contributed by atoms with Crippen LogP contribution in [-0.2, 0) is 9.59 Å². The first-order valence-electron chi connectivity index (χ1n) is 7.49. The highest BCUT2D eigenvalue weighted by Crippen LogP contribution is 2.20. The van der Waals surface area contributed by atoms with Gasteiger partial charge in [0.25, 0.3) is 11.8 Å². The summed E-state index contributed by atoms with van der Waals surface area (Å²) in [5.41, 5.74) is 0.729. The summed E-state index contributed by atoms with van der Waals surface area (Å²) in [6.07, 6.45) is 0. The Bertz CT molecular complexity index is 609. The number of likely N-dealkylation sites (N-methyl/N-ethyl adjacent to an activating group) is 2. The van der Waals surface area contributed by atoms with Crippen LogP contribution >= 0.6 is 11.6 Å². The van der Waals surface area contributed by atoms with Crippen molar-refractivity contribution in [3.8, 4) is 6.07 Å². The van der Waals surface area contributed by atoms with Crippen LogP contribution in [-0.4, -0.2) is 49.9 Å². The molecule has 0 aliphatic carbocycles. The fraction of sp³-hybridized carbons (Fsp3) is 0.438. The summed E-state index contributed by atoms with van der Waals surface area (Å²) in [4.78, 5) is 26.6. The topological polar surface area (TPSA) is 77.6 Å². The molecule has 23 heavy (non-hydrogen) atoms. The zero-order valence-electron chi connectivity index (χ0n) is 13.6. The zero-order chi connectivity index (χ0) is 17.4. The first-order chi connectivity index (χ1) is 10.9. The summed E-state index contributed by atoms with van der Waals surface area (Å²) in [7, 11) is 1.78. The van der Waals surface area contributed by atoms with Gasteiger partial charge < -0.3 is 15.1 Å². The number of halogens is 1. The van der Waals surface area contributed by atoms with Crippen LogP contribution in [0.2, 0.25) is 5.02 Å². The molecule has 0 aromatic heterocycles. The van der Waals surface area contributed by atoms with E-state index in [1.807, 2.05) is 19.9 Å². The van der Waals surface area contributed by atoms with Crippen molar-refractivity contribution in [1.82, 2.24) is 4.90 Å². The first kappa shape index (κ1) is 18.9. The number of hydrogen-bond acceptors (Lipinski definition) is 3. The molecule has 0 aliphatic rings. The van der Waals surface area contributed by atoms with E-state index in [0.29, 0.717) is 29.4 Å². The molecule has 2 N–H and O–H groups in total.